The number of phosphoric acid groups is 1. The standard InChI is InChI=1S/C31H56NO10P/c1-3-5-7-9-10-11-12-13-14-15-16-17-19-20-22-29(34)32-28(31(36)37)26-42-43(38,39)41-25-27(33)24-40-30(35)23-21-18-8-6-4-2/h9-10,12-13,27-28,33H,3-8,11,14-26H2,1-2H3,(H,32,34)(H,36,37)(H,38,39)/b10-9-,13-12-. The zero-order valence-electron chi connectivity index (χ0n) is 26.3. The minimum absolute atomic E-state index is 0.130. The van der Waals surface area contributed by atoms with Gasteiger partial charge >= 0.3 is 19.8 Å². The van der Waals surface area contributed by atoms with Crippen LogP contribution in [0.15, 0.2) is 24.3 Å². The van der Waals surface area contributed by atoms with Gasteiger partial charge in [0, 0.05) is 12.8 Å². The van der Waals surface area contributed by atoms with E-state index in [0.29, 0.717) is 12.8 Å². The van der Waals surface area contributed by atoms with E-state index < -0.39 is 57.6 Å². The molecule has 0 spiro atoms. The van der Waals surface area contributed by atoms with Crippen molar-refractivity contribution in [2.75, 3.05) is 19.8 Å². The lowest BCUT2D eigenvalue weighted by molar-refractivity contribution is -0.147. The lowest BCUT2D eigenvalue weighted by Crippen LogP contribution is -2.43. The monoisotopic (exact) mass is 633 g/mol. The SMILES string of the molecule is CCCC/C=C\C/C=C\CCCCCCCC(=O)NC(COP(=O)(O)OCC(O)COC(=O)CCCCCCC)C(=O)O. The summed E-state index contributed by atoms with van der Waals surface area (Å²) in [5, 5.41) is 21.5. The molecule has 0 aromatic rings. The number of aliphatic hydroxyl groups is 1. The Hall–Kier alpha value is -2.04. The van der Waals surface area contributed by atoms with E-state index >= 15 is 0 Å². The molecule has 250 valence electrons. The van der Waals surface area contributed by atoms with Gasteiger partial charge in [-0.3, -0.25) is 18.6 Å². The first-order chi connectivity index (χ1) is 20.6. The number of unbranched alkanes of at least 4 members (excludes halogenated alkanes) is 11. The Bertz CT molecular complexity index is 848. The van der Waals surface area contributed by atoms with Crippen LogP contribution < -0.4 is 5.32 Å². The summed E-state index contributed by atoms with van der Waals surface area (Å²) in [4.78, 5) is 45.2. The van der Waals surface area contributed by atoms with Crippen LogP contribution in [0.25, 0.3) is 0 Å². The number of carboxylic acid groups (broad SMARTS) is 1. The number of ether oxygens (including phenoxy) is 1. The minimum atomic E-state index is -4.73. The molecule has 0 saturated carbocycles. The van der Waals surface area contributed by atoms with Crippen molar-refractivity contribution >= 4 is 25.7 Å². The first-order valence-corrected chi connectivity index (χ1v) is 17.4. The van der Waals surface area contributed by atoms with E-state index in [9.17, 15) is 34.1 Å². The molecule has 43 heavy (non-hydrogen) atoms. The van der Waals surface area contributed by atoms with Gasteiger partial charge in [-0.2, -0.15) is 0 Å². The molecule has 0 fully saturated rings. The fourth-order valence-electron chi connectivity index (χ4n) is 3.92. The number of aliphatic carboxylic acids is 1. The van der Waals surface area contributed by atoms with E-state index in [1.165, 1.54) is 12.8 Å². The molecule has 3 atom stereocenters. The maximum atomic E-state index is 12.2. The predicted octanol–water partition coefficient (Wildman–Crippen LogP) is 6.38. The third-order valence-electron chi connectivity index (χ3n) is 6.49. The predicted molar refractivity (Wildman–Crippen MR) is 166 cm³/mol. The number of carbonyl (C=O) groups excluding carboxylic acids is 2. The molecule has 12 heteroatoms. The fourth-order valence-corrected chi connectivity index (χ4v) is 4.69. The highest BCUT2D eigenvalue weighted by atomic mass is 31.2. The van der Waals surface area contributed by atoms with E-state index in [0.717, 1.165) is 70.6 Å². The van der Waals surface area contributed by atoms with Crippen molar-refractivity contribution in [1.29, 1.82) is 0 Å². The quantitative estimate of drug-likeness (QED) is 0.0314. The number of allylic oxidation sites excluding steroid dienone is 4. The highest BCUT2D eigenvalue weighted by Gasteiger charge is 2.28. The van der Waals surface area contributed by atoms with Crippen LogP contribution in [0.2, 0.25) is 0 Å². The molecule has 0 aromatic heterocycles. The summed E-state index contributed by atoms with van der Waals surface area (Å²) in [6.45, 7) is 2.38. The topological polar surface area (TPSA) is 169 Å². The normalized spacial score (nSPS) is 14.5. The zero-order valence-corrected chi connectivity index (χ0v) is 27.1. The van der Waals surface area contributed by atoms with Crippen LogP contribution >= 0.6 is 7.82 Å². The molecule has 0 rings (SSSR count). The molecular formula is C31H56NO10P. The third kappa shape index (κ3) is 27.3. The molecule has 0 aliphatic rings. The Kier molecular flexibility index (Phi) is 26.2. The lowest BCUT2D eigenvalue weighted by Gasteiger charge is -2.18. The molecular weight excluding hydrogens is 577 g/mol. The molecule has 4 N–H and O–H groups in total. The molecule has 1 amide bonds. The number of phosphoric ester groups is 1. The second kappa shape index (κ2) is 27.5. The molecule has 0 radical (unpaired) electrons. The molecule has 0 aliphatic heterocycles. The first kappa shape index (κ1) is 41.0. The second-order valence-electron chi connectivity index (χ2n) is 10.6. The van der Waals surface area contributed by atoms with Gasteiger partial charge in [-0.1, -0.05) is 95.9 Å². The van der Waals surface area contributed by atoms with Gasteiger partial charge in [-0.25, -0.2) is 9.36 Å². The largest absolute Gasteiger partial charge is 0.480 e. The van der Waals surface area contributed by atoms with E-state index in [-0.39, 0.29) is 12.8 Å². The van der Waals surface area contributed by atoms with Crippen molar-refractivity contribution < 1.29 is 47.8 Å². The summed E-state index contributed by atoms with van der Waals surface area (Å²) in [5.41, 5.74) is 0. The summed E-state index contributed by atoms with van der Waals surface area (Å²) >= 11 is 0. The smallest absolute Gasteiger partial charge is 0.472 e. The number of hydrogen-bond donors (Lipinski definition) is 4. The van der Waals surface area contributed by atoms with Gasteiger partial charge in [-0.05, 0) is 38.5 Å². The van der Waals surface area contributed by atoms with Crippen LogP contribution in [0, 0.1) is 0 Å². The molecule has 0 saturated heterocycles. The highest BCUT2D eigenvalue weighted by Crippen LogP contribution is 2.43. The van der Waals surface area contributed by atoms with Gasteiger partial charge in [0.15, 0.2) is 6.04 Å². The molecule has 11 nitrogen and oxygen atoms in total. The van der Waals surface area contributed by atoms with Crippen molar-refractivity contribution in [2.24, 2.45) is 0 Å². The van der Waals surface area contributed by atoms with Crippen LogP contribution in [0.1, 0.15) is 123 Å². The summed E-state index contributed by atoms with van der Waals surface area (Å²) < 4.78 is 26.4. The number of aliphatic hydroxyl groups excluding tert-OH is 1. The van der Waals surface area contributed by atoms with Crippen LogP contribution in [-0.4, -0.2) is 64.9 Å². The number of nitrogens with one attached hydrogen (secondary N) is 1. The summed E-state index contributed by atoms with van der Waals surface area (Å²) in [7, 11) is -4.73. The van der Waals surface area contributed by atoms with E-state index in [1.807, 2.05) is 0 Å². The number of carboxylic acids is 1. The van der Waals surface area contributed by atoms with Gasteiger partial charge in [0.1, 0.15) is 12.7 Å². The average molecular weight is 634 g/mol. The number of hydrogen-bond acceptors (Lipinski definition) is 8. The van der Waals surface area contributed by atoms with Crippen LogP contribution in [-0.2, 0) is 32.7 Å². The first-order valence-electron chi connectivity index (χ1n) is 15.9. The third-order valence-corrected chi connectivity index (χ3v) is 7.44. The molecule has 0 bridgehead atoms. The molecule has 0 heterocycles. The van der Waals surface area contributed by atoms with E-state index in [2.05, 4.69) is 48.0 Å². The Labute approximate surface area is 258 Å². The van der Waals surface area contributed by atoms with Crippen LogP contribution in [0.3, 0.4) is 0 Å². The van der Waals surface area contributed by atoms with Gasteiger partial charge < -0.3 is 25.2 Å². The van der Waals surface area contributed by atoms with Gasteiger partial charge in [0.25, 0.3) is 0 Å². The second-order valence-corrected chi connectivity index (χ2v) is 12.1. The average Bonchev–Trinajstić information content (AvgIpc) is 2.97. The van der Waals surface area contributed by atoms with E-state index in [1.54, 1.807) is 0 Å². The number of amides is 1. The van der Waals surface area contributed by atoms with Crippen molar-refractivity contribution in [1.82, 2.24) is 5.32 Å². The Morgan fingerprint density at radius 3 is 1.95 bits per heavy atom. The number of rotatable bonds is 29. The van der Waals surface area contributed by atoms with Gasteiger partial charge in [0.2, 0.25) is 5.91 Å². The lowest BCUT2D eigenvalue weighted by atomic mass is 10.1. The zero-order chi connectivity index (χ0) is 32.2. The maximum absolute atomic E-state index is 12.2. The Morgan fingerprint density at radius 2 is 1.30 bits per heavy atom. The minimum Gasteiger partial charge on any atom is -0.480 e. The summed E-state index contributed by atoms with van der Waals surface area (Å²) in [5.74, 6) is -2.41. The Morgan fingerprint density at radius 1 is 0.744 bits per heavy atom. The number of esters is 1. The van der Waals surface area contributed by atoms with Crippen LogP contribution in [0.4, 0.5) is 0 Å². The van der Waals surface area contributed by atoms with Crippen molar-refractivity contribution in [3.63, 3.8) is 0 Å². The number of carbonyl (C=O) groups is 3. The summed E-state index contributed by atoms with van der Waals surface area (Å²) in [6.07, 6.45) is 22.7. The van der Waals surface area contributed by atoms with Crippen LogP contribution in [0.5, 0.6) is 0 Å². The van der Waals surface area contributed by atoms with Crippen molar-refractivity contribution in [2.45, 2.75) is 135 Å². The fraction of sp³-hybridized carbons (Fsp3) is 0.774. The van der Waals surface area contributed by atoms with Crippen molar-refractivity contribution in [3.8, 4) is 0 Å². The summed E-state index contributed by atoms with van der Waals surface area (Å²) in [6, 6.07) is -1.55. The molecule has 0 aliphatic carbocycles. The molecule has 0 aromatic carbocycles. The maximum Gasteiger partial charge on any atom is 0.472 e. The van der Waals surface area contributed by atoms with Gasteiger partial charge in [-0.15, -0.1) is 0 Å². The highest BCUT2D eigenvalue weighted by molar-refractivity contribution is 7.47. The molecule has 3 unspecified atom stereocenters. The van der Waals surface area contributed by atoms with Crippen molar-refractivity contribution in [3.05, 3.63) is 24.3 Å². The Balaban J connectivity index is 4.08. The van der Waals surface area contributed by atoms with E-state index in [4.69, 9.17) is 9.26 Å². The van der Waals surface area contributed by atoms with Gasteiger partial charge in [0.05, 0.1) is 13.2 Å².